The highest BCUT2D eigenvalue weighted by Crippen LogP contribution is 2.21. The highest BCUT2D eigenvalue weighted by molar-refractivity contribution is 8.00. The van der Waals surface area contributed by atoms with Gasteiger partial charge in [-0.2, -0.15) is 5.10 Å². The fourth-order valence-corrected chi connectivity index (χ4v) is 3.61. The van der Waals surface area contributed by atoms with Crippen LogP contribution in [0, 0.1) is 6.92 Å². The molecular weight excluding hydrogens is 358 g/mol. The monoisotopic (exact) mass is 377 g/mol. The maximum Gasteiger partial charge on any atom is 0.291 e. The van der Waals surface area contributed by atoms with Crippen molar-refractivity contribution in [2.24, 2.45) is 0 Å². The molecule has 26 heavy (non-hydrogen) atoms. The van der Waals surface area contributed by atoms with E-state index in [1.807, 2.05) is 0 Å². The van der Waals surface area contributed by atoms with Gasteiger partial charge in [-0.1, -0.05) is 11.8 Å². The van der Waals surface area contributed by atoms with E-state index in [0.717, 1.165) is 0 Å². The first-order chi connectivity index (χ1) is 12.4. The summed E-state index contributed by atoms with van der Waals surface area (Å²) in [5, 5.41) is 6.26. The van der Waals surface area contributed by atoms with Crippen molar-refractivity contribution in [3.05, 3.63) is 34.3 Å². The smallest absolute Gasteiger partial charge is 0.291 e. The lowest BCUT2D eigenvalue weighted by atomic mass is 10.2. The standard InChI is InChI=1S/C15H19N7O3S/c1-9-7-11(23)19-15(18-9)26-10(2)13(24)21-3-5-22(6-4-21)14(25)12-16-8-17-20-12/h7-8,10H,3-6H2,1-2H3,(H,16,17,20)(H,18,19,23)/t10-/m0/s1. The number of aromatic amines is 2. The topological polar surface area (TPSA) is 128 Å². The molecule has 1 saturated heterocycles. The summed E-state index contributed by atoms with van der Waals surface area (Å²) in [6, 6.07) is 1.40. The predicted octanol–water partition coefficient (Wildman–Crippen LogP) is -0.338. The van der Waals surface area contributed by atoms with Crippen LogP contribution >= 0.6 is 11.8 Å². The van der Waals surface area contributed by atoms with Crippen molar-refractivity contribution < 1.29 is 9.59 Å². The molecule has 1 aliphatic rings. The Hall–Kier alpha value is -2.69. The zero-order valence-corrected chi connectivity index (χ0v) is 15.2. The number of nitrogens with one attached hydrogen (secondary N) is 2. The largest absolute Gasteiger partial charge is 0.338 e. The number of rotatable bonds is 4. The zero-order valence-electron chi connectivity index (χ0n) is 14.4. The summed E-state index contributed by atoms with van der Waals surface area (Å²) in [6.45, 7) is 5.27. The number of aryl methyl sites for hydroxylation is 1. The first-order valence-electron chi connectivity index (χ1n) is 8.12. The van der Waals surface area contributed by atoms with E-state index >= 15 is 0 Å². The van der Waals surface area contributed by atoms with Gasteiger partial charge in [0.05, 0.1) is 5.25 Å². The van der Waals surface area contributed by atoms with Crippen LogP contribution in [0.3, 0.4) is 0 Å². The van der Waals surface area contributed by atoms with Gasteiger partial charge in [0.1, 0.15) is 6.33 Å². The lowest BCUT2D eigenvalue weighted by Gasteiger charge is -2.35. The highest BCUT2D eigenvalue weighted by Gasteiger charge is 2.29. The molecule has 2 amide bonds. The van der Waals surface area contributed by atoms with Gasteiger partial charge in [-0.3, -0.25) is 19.5 Å². The molecule has 0 spiro atoms. The highest BCUT2D eigenvalue weighted by atomic mass is 32.2. The Morgan fingerprint density at radius 1 is 1.23 bits per heavy atom. The molecule has 0 aromatic carbocycles. The lowest BCUT2D eigenvalue weighted by molar-refractivity contribution is -0.131. The normalized spacial score (nSPS) is 15.8. The molecule has 1 aliphatic heterocycles. The van der Waals surface area contributed by atoms with Gasteiger partial charge < -0.3 is 14.8 Å². The van der Waals surface area contributed by atoms with Gasteiger partial charge in [0.25, 0.3) is 11.5 Å². The third-order valence-corrected chi connectivity index (χ3v) is 4.95. The van der Waals surface area contributed by atoms with Gasteiger partial charge in [0.2, 0.25) is 11.7 Å². The maximum atomic E-state index is 12.6. The number of hydrogen-bond donors (Lipinski definition) is 2. The Labute approximate surface area is 153 Å². The van der Waals surface area contributed by atoms with Crippen molar-refractivity contribution in [3.8, 4) is 0 Å². The molecule has 2 aromatic rings. The number of carbonyl (C=O) groups excluding carboxylic acids is 2. The second-order valence-corrected chi connectivity index (χ2v) is 7.23. The number of hydrogen-bond acceptors (Lipinski definition) is 7. The average Bonchev–Trinajstić information content (AvgIpc) is 3.14. The molecule has 10 nitrogen and oxygen atoms in total. The Morgan fingerprint density at radius 2 is 1.92 bits per heavy atom. The number of amides is 2. The quantitative estimate of drug-likeness (QED) is 0.551. The van der Waals surface area contributed by atoms with Crippen LogP contribution in [0.25, 0.3) is 0 Å². The molecule has 1 atom stereocenters. The van der Waals surface area contributed by atoms with E-state index in [-0.39, 0.29) is 23.2 Å². The second-order valence-electron chi connectivity index (χ2n) is 5.90. The van der Waals surface area contributed by atoms with Gasteiger partial charge in [-0.15, -0.1) is 0 Å². The van der Waals surface area contributed by atoms with Gasteiger partial charge in [-0.25, -0.2) is 9.97 Å². The summed E-state index contributed by atoms with van der Waals surface area (Å²) < 4.78 is 0. The summed E-state index contributed by atoms with van der Waals surface area (Å²) in [5.74, 6) is -0.0762. The van der Waals surface area contributed by atoms with Crippen molar-refractivity contribution >= 4 is 23.6 Å². The zero-order chi connectivity index (χ0) is 18.7. The number of aromatic nitrogens is 5. The van der Waals surface area contributed by atoms with Crippen molar-refractivity contribution in [3.63, 3.8) is 0 Å². The fraction of sp³-hybridized carbons (Fsp3) is 0.467. The van der Waals surface area contributed by atoms with Crippen LogP contribution < -0.4 is 5.56 Å². The first kappa shape index (κ1) is 18.1. The third-order valence-electron chi connectivity index (χ3n) is 3.98. The van der Waals surface area contributed by atoms with Gasteiger partial charge >= 0.3 is 0 Å². The molecule has 2 N–H and O–H groups in total. The molecule has 138 valence electrons. The van der Waals surface area contributed by atoms with E-state index in [9.17, 15) is 14.4 Å². The third kappa shape index (κ3) is 4.10. The van der Waals surface area contributed by atoms with Gasteiger partial charge in [0, 0.05) is 37.9 Å². The number of thioether (sulfide) groups is 1. The molecule has 0 unspecified atom stereocenters. The molecule has 3 rings (SSSR count). The molecule has 0 radical (unpaired) electrons. The van der Waals surface area contributed by atoms with E-state index in [2.05, 4.69) is 25.1 Å². The number of piperazine rings is 1. The Morgan fingerprint density at radius 3 is 2.54 bits per heavy atom. The fourth-order valence-electron chi connectivity index (χ4n) is 2.67. The predicted molar refractivity (Wildman–Crippen MR) is 93.8 cm³/mol. The van der Waals surface area contributed by atoms with Crippen LogP contribution in [0.4, 0.5) is 0 Å². The molecule has 1 fully saturated rings. The van der Waals surface area contributed by atoms with Crippen LogP contribution in [0.1, 0.15) is 23.2 Å². The number of nitrogens with zero attached hydrogens (tertiary/aromatic N) is 5. The molecule has 3 heterocycles. The molecule has 0 aliphatic carbocycles. The van der Waals surface area contributed by atoms with Crippen molar-refractivity contribution in [1.29, 1.82) is 0 Å². The SMILES string of the molecule is Cc1cc(=O)[nH]c(S[C@@H](C)C(=O)N2CCN(C(=O)c3ncn[nH]3)CC2)n1. The van der Waals surface area contributed by atoms with Gasteiger partial charge in [-0.05, 0) is 13.8 Å². The van der Waals surface area contributed by atoms with E-state index in [0.29, 0.717) is 37.0 Å². The van der Waals surface area contributed by atoms with Crippen LogP contribution in [0.2, 0.25) is 0 Å². The Balaban J connectivity index is 1.56. The summed E-state index contributed by atoms with van der Waals surface area (Å²) in [7, 11) is 0. The van der Waals surface area contributed by atoms with Crippen LogP contribution in [-0.4, -0.2) is 78.2 Å². The number of carbonyl (C=O) groups is 2. The summed E-state index contributed by atoms with van der Waals surface area (Å²) in [5.41, 5.74) is 0.370. The molecule has 0 saturated carbocycles. The Bertz CT molecular complexity index is 843. The molecular formula is C15H19N7O3S. The first-order valence-corrected chi connectivity index (χ1v) is 9.00. The van der Waals surface area contributed by atoms with Crippen LogP contribution in [0.5, 0.6) is 0 Å². The summed E-state index contributed by atoms with van der Waals surface area (Å²) in [6.07, 6.45) is 1.29. The second kappa shape index (κ2) is 7.68. The van der Waals surface area contributed by atoms with Gasteiger partial charge in [0.15, 0.2) is 5.16 Å². The maximum absolute atomic E-state index is 12.6. The molecule has 11 heteroatoms. The van der Waals surface area contributed by atoms with Crippen molar-refractivity contribution in [2.45, 2.75) is 24.3 Å². The lowest BCUT2D eigenvalue weighted by Crippen LogP contribution is -2.52. The van der Waals surface area contributed by atoms with Crippen molar-refractivity contribution in [2.75, 3.05) is 26.2 Å². The minimum Gasteiger partial charge on any atom is -0.338 e. The molecule has 0 bridgehead atoms. The molecule has 2 aromatic heterocycles. The van der Waals surface area contributed by atoms with Crippen molar-refractivity contribution in [1.82, 2.24) is 34.9 Å². The van der Waals surface area contributed by atoms with Crippen LogP contribution in [-0.2, 0) is 4.79 Å². The minimum atomic E-state index is -0.392. The number of H-pyrrole nitrogens is 2. The van der Waals surface area contributed by atoms with Crippen LogP contribution in [0.15, 0.2) is 22.3 Å². The van der Waals surface area contributed by atoms with E-state index in [1.54, 1.807) is 23.6 Å². The van der Waals surface area contributed by atoms with E-state index in [4.69, 9.17) is 0 Å². The Kier molecular flexibility index (Phi) is 5.35. The van der Waals surface area contributed by atoms with E-state index < -0.39 is 5.25 Å². The summed E-state index contributed by atoms with van der Waals surface area (Å²) >= 11 is 1.22. The van der Waals surface area contributed by atoms with E-state index in [1.165, 1.54) is 24.2 Å². The average molecular weight is 377 g/mol. The minimum absolute atomic E-state index is 0.0501. The summed E-state index contributed by atoms with van der Waals surface area (Å²) in [4.78, 5) is 50.4.